The van der Waals surface area contributed by atoms with Crippen molar-refractivity contribution in [1.29, 1.82) is 0 Å². The molecule has 0 aliphatic rings. The summed E-state index contributed by atoms with van der Waals surface area (Å²) in [6.45, 7) is 21.8. The number of rotatable bonds is 47. The minimum Gasteiger partial charge on any atom is -0.463 e. The van der Waals surface area contributed by atoms with Gasteiger partial charge in [0.1, 0.15) is 22.4 Å². The number of hydrogen-bond donors (Lipinski definition) is 6. The summed E-state index contributed by atoms with van der Waals surface area (Å²) in [5, 5.41) is 80.2. The van der Waals surface area contributed by atoms with E-state index in [1.807, 2.05) is 0 Å². The molecule has 0 rings (SSSR count). The molecule has 0 saturated carbocycles. The molecule has 0 aromatic carbocycles. The Hall–Kier alpha value is -4.98. The van der Waals surface area contributed by atoms with E-state index in [9.17, 15) is 59.4 Å². The molecule has 0 aliphatic heterocycles. The maximum absolute atomic E-state index is 14.0. The van der Waals surface area contributed by atoms with Crippen molar-refractivity contribution in [2.24, 2.45) is 0 Å². The first-order valence-electron chi connectivity index (χ1n) is 25.7. The van der Waals surface area contributed by atoms with Crippen LogP contribution >= 0.6 is 0 Å². The van der Waals surface area contributed by atoms with Crippen LogP contribution in [0.5, 0.6) is 0 Å². The molecule has 6 atom stereocenters. The third-order valence-corrected chi connectivity index (χ3v) is 13.2. The first-order chi connectivity index (χ1) is 34.6. The van der Waals surface area contributed by atoms with Gasteiger partial charge in [-0.15, -0.1) is 0 Å². The fraction of sp³-hybridized carbons (Fsp3) is 0.673. The van der Waals surface area contributed by atoms with E-state index in [1.165, 1.54) is 6.92 Å². The first kappa shape index (κ1) is 68.0. The molecule has 6 unspecified atom stereocenters. The lowest BCUT2D eigenvalue weighted by Crippen LogP contribution is -2.81. The summed E-state index contributed by atoms with van der Waals surface area (Å²) in [6.07, 6.45) is 7.02. The number of ether oxygens (including phenoxy) is 6. The van der Waals surface area contributed by atoms with Crippen LogP contribution in [0.15, 0.2) is 75.9 Å². The summed E-state index contributed by atoms with van der Waals surface area (Å²) < 4.78 is 30.9. The average molecular weight is 1040 g/mol. The summed E-state index contributed by atoms with van der Waals surface area (Å²) in [6, 6.07) is 0. The lowest BCUT2D eigenvalue weighted by atomic mass is 9.52. The molecule has 0 saturated heterocycles. The van der Waals surface area contributed by atoms with E-state index in [0.717, 1.165) is 36.5 Å². The number of esters is 6. The van der Waals surface area contributed by atoms with E-state index in [1.54, 1.807) is 0 Å². The van der Waals surface area contributed by atoms with Crippen LogP contribution in [-0.4, -0.2) is 140 Å². The highest BCUT2D eigenvalue weighted by Gasteiger charge is 2.72. The second-order valence-corrected chi connectivity index (χ2v) is 18.4. The van der Waals surface area contributed by atoms with Crippen LogP contribution in [0.1, 0.15) is 161 Å². The summed E-state index contributed by atoms with van der Waals surface area (Å²) >= 11 is 0. The number of carbonyl (C=O) groups excluding carboxylic acids is 6. The molecule has 0 aromatic rings. The smallest absolute Gasteiger partial charge is 0.330 e. The van der Waals surface area contributed by atoms with Crippen LogP contribution in [-0.2, 0) is 57.2 Å². The average Bonchev–Trinajstić information content (AvgIpc) is 3.38. The first-order valence-corrected chi connectivity index (χ1v) is 25.7. The van der Waals surface area contributed by atoms with Gasteiger partial charge in [0.05, 0.1) is 51.3 Å². The predicted octanol–water partition coefficient (Wildman–Crippen LogP) is 6.76. The van der Waals surface area contributed by atoms with E-state index < -0.39 is 82.8 Å². The Labute approximate surface area is 433 Å². The van der Waals surface area contributed by atoms with Crippen LogP contribution in [0.4, 0.5) is 0 Å². The molecule has 0 heterocycles. The minimum atomic E-state index is -2.86. The summed E-state index contributed by atoms with van der Waals surface area (Å²) in [5.41, 5.74) is -13.3. The second-order valence-electron chi connectivity index (χ2n) is 18.4. The summed E-state index contributed by atoms with van der Waals surface area (Å²) in [7, 11) is 0. The lowest BCUT2D eigenvalue weighted by molar-refractivity contribution is -0.352. The monoisotopic (exact) mass is 1040 g/mol. The molecule has 0 aliphatic carbocycles. The van der Waals surface area contributed by atoms with Gasteiger partial charge in [-0.05, 0) is 122 Å². The topological polar surface area (TPSA) is 279 Å². The van der Waals surface area contributed by atoms with E-state index in [-0.39, 0.29) is 130 Å². The SMILES string of the molecule is C=CC(=O)OCCCCCC(O)C(O)(CCCCCOC(=O)C=C)C(O)(CCCCCOC(=O)C=C)C(O)(CCCCCOC(=O)C=C)C(O)(CCCCCOC(=O)C=C)C(C)(O)CCCCCOC(=O)C=C. The number of aliphatic hydroxyl groups excluding tert-OH is 1. The van der Waals surface area contributed by atoms with Gasteiger partial charge < -0.3 is 59.1 Å². The van der Waals surface area contributed by atoms with Gasteiger partial charge in [0, 0.05) is 36.5 Å². The fourth-order valence-corrected chi connectivity index (χ4v) is 8.96. The zero-order valence-corrected chi connectivity index (χ0v) is 43.6. The molecule has 18 nitrogen and oxygen atoms in total. The maximum atomic E-state index is 14.0. The molecular formula is C55H88O18. The van der Waals surface area contributed by atoms with Crippen molar-refractivity contribution in [3.8, 4) is 0 Å². The van der Waals surface area contributed by atoms with Gasteiger partial charge >= 0.3 is 35.8 Å². The molecule has 73 heavy (non-hydrogen) atoms. The van der Waals surface area contributed by atoms with Crippen molar-refractivity contribution < 1.29 is 87.8 Å². The summed E-state index contributed by atoms with van der Waals surface area (Å²) in [5.74, 6) is -3.79. The fourth-order valence-electron chi connectivity index (χ4n) is 8.96. The highest BCUT2D eigenvalue weighted by molar-refractivity contribution is 5.82. The van der Waals surface area contributed by atoms with Crippen LogP contribution < -0.4 is 0 Å². The Bertz CT molecular complexity index is 1730. The van der Waals surface area contributed by atoms with Gasteiger partial charge in [-0.2, -0.15) is 0 Å². The standard InChI is InChI=1S/C55H88O18/c1-8-45(57)68-38-26-14-20-32-44(56)52(64,34-22-16-28-40-70-47(59)10-3)54(66,36-24-18-30-42-72-49(61)12-5)55(67,37-25-19-31-43-73-50(62)13-6)53(65,35-23-17-29-41-71-48(60)11-4)51(7,63)33-21-15-27-39-69-46(58)9-2/h8-13,44,56,63-67H,1-6,14-43H2,7H3. The zero-order valence-electron chi connectivity index (χ0n) is 43.6. The molecule has 0 radical (unpaired) electrons. The Balaban J connectivity index is 7.97. The molecule has 416 valence electrons. The van der Waals surface area contributed by atoms with Gasteiger partial charge in [-0.3, -0.25) is 0 Å². The van der Waals surface area contributed by atoms with Gasteiger partial charge in [-0.1, -0.05) is 78.0 Å². The van der Waals surface area contributed by atoms with Gasteiger partial charge in [0.2, 0.25) is 0 Å². The minimum absolute atomic E-state index is 0.00109. The Morgan fingerprint density at radius 3 is 0.904 bits per heavy atom. The zero-order chi connectivity index (χ0) is 55.2. The predicted molar refractivity (Wildman–Crippen MR) is 274 cm³/mol. The van der Waals surface area contributed by atoms with E-state index in [0.29, 0.717) is 51.4 Å². The maximum Gasteiger partial charge on any atom is 0.330 e. The Kier molecular flexibility index (Phi) is 35.1. The van der Waals surface area contributed by atoms with E-state index in [2.05, 4.69) is 39.5 Å². The van der Waals surface area contributed by atoms with Crippen molar-refractivity contribution in [3.05, 3.63) is 75.9 Å². The van der Waals surface area contributed by atoms with Gasteiger partial charge in [-0.25, -0.2) is 28.8 Å². The largest absolute Gasteiger partial charge is 0.463 e. The molecule has 0 spiro atoms. The van der Waals surface area contributed by atoms with Gasteiger partial charge in [0.25, 0.3) is 0 Å². The summed E-state index contributed by atoms with van der Waals surface area (Å²) in [4.78, 5) is 70.7. The molecule has 0 fully saturated rings. The molecule has 18 heteroatoms. The third-order valence-electron chi connectivity index (χ3n) is 13.2. The van der Waals surface area contributed by atoms with Gasteiger partial charge in [0.15, 0.2) is 0 Å². The van der Waals surface area contributed by atoms with Crippen LogP contribution in [0.2, 0.25) is 0 Å². The van der Waals surface area contributed by atoms with Crippen LogP contribution in [0.25, 0.3) is 0 Å². The molecule has 6 N–H and O–H groups in total. The Morgan fingerprint density at radius 1 is 0.356 bits per heavy atom. The van der Waals surface area contributed by atoms with Crippen molar-refractivity contribution in [1.82, 2.24) is 0 Å². The number of hydrogen-bond acceptors (Lipinski definition) is 18. The number of unbranched alkanes of at least 4 members (excludes halogenated alkanes) is 12. The highest BCUT2D eigenvalue weighted by atomic mass is 16.6. The van der Waals surface area contributed by atoms with Crippen molar-refractivity contribution >= 4 is 35.8 Å². The number of aliphatic hydroxyl groups is 6. The molecule has 0 aromatic heterocycles. The normalized spacial score (nSPS) is 15.7. The number of carbonyl (C=O) groups is 6. The second kappa shape index (κ2) is 37.7. The van der Waals surface area contributed by atoms with E-state index in [4.69, 9.17) is 28.4 Å². The lowest BCUT2D eigenvalue weighted by Gasteiger charge is -2.62. The van der Waals surface area contributed by atoms with Crippen molar-refractivity contribution in [2.45, 2.75) is 195 Å². The van der Waals surface area contributed by atoms with Crippen LogP contribution in [0.3, 0.4) is 0 Å². The molecule has 0 amide bonds. The molecule has 0 bridgehead atoms. The van der Waals surface area contributed by atoms with Crippen molar-refractivity contribution in [2.75, 3.05) is 39.6 Å². The molecular weight excluding hydrogens is 949 g/mol. The van der Waals surface area contributed by atoms with Crippen molar-refractivity contribution in [3.63, 3.8) is 0 Å². The van der Waals surface area contributed by atoms with Crippen LogP contribution in [0, 0.1) is 0 Å². The van der Waals surface area contributed by atoms with E-state index >= 15 is 0 Å². The highest BCUT2D eigenvalue weighted by Crippen LogP contribution is 2.55. The quantitative estimate of drug-likeness (QED) is 0.0159. The Morgan fingerprint density at radius 2 is 0.603 bits per heavy atom. The third kappa shape index (κ3) is 24.3.